The fraction of sp³-hybridized carbons (Fsp3) is 0.0800. The zero-order valence-electron chi connectivity index (χ0n) is 16.1. The molecule has 0 fully saturated rings. The molecule has 1 heterocycles. The Hall–Kier alpha value is -3.99. The van der Waals surface area contributed by atoms with E-state index in [4.69, 9.17) is 4.42 Å². The van der Waals surface area contributed by atoms with E-state index in [9.17, 15) is 14.4 Å². The first-order valence-corrected chi connectivity index (χ1v) is 9.57. The molecule has 148 valence electrons. The lowest BCUT2D eigenvalue weighted by Gasteiger charge is -2.07. The van der Waals surface area contributed by atoms with Crippen LogP contribution in [-0.4, -0.2) is 11.7 Å². The molecule has 0 spiro atoms. The predicted molar refractivity (Wildman–Crippen MR) is 115 cm³/mol. The van der Waals surface area contributed by atoms with Crippen LogP contribution in [0.4, 0.5) is 0 Å². The second kappa shape index (κ2) is 8.57. The van der Waals surface area contributed by atoms with Crippen LogP contribution in [0.3, 0.4) is 0 Å². The third-order valence-electron chi connectivity index (χ3n) is 4.79. The maximum atomic E-state index is 12.6. The van der Waals surface area contributed by atoms with Crippen molar-refractivity contribution in [2.24, 2.45) is 0 Å². The molecule has 0 atom stereocenters. The molecule has 1 aromatic heterocycles. The van der Waals surface area contributed by atoms with Crippen LogP contribution >= 0.6 is 0 Å². The number of fused-ring (bicyclic) bond motifs is 1. The summed E-state index contributed by atoms with van der Waals surface area (Å²) in [6.07, 6.45) is -0.0282. The van der Waals surface area contributed by atoms with Crippen LogP contribution < -0.4 is 10.7 Å². The molecule has 0 bridgehead atoms. The van der Waals surface area contributed by atoms with Crippen LogP contribution in [0.25, 0.3) is 11.0 Å². The lowest BCUT2D eigenvalue weighted by Crippen LogP contribution is -2.22. The van der Waals surface area contributed by atoms with Crippen molar-refractivity contribution < 1.29 is 14.0 Å². The molecule has 1 amide bonds. The minimum atomic E-state index is -0.210. The van der Waals surface area contributed by atoms with E-state index in [-0.39, 0.29) is 23.5 Å². The number of ketones is 1. The van der Waals surface area contributed by atoms with Gasteiger partial charge in [0.25, 0.3) is 5.91 Å². The third-order valence-corrected chi connectivity index (χ3v) is 4.79. The summed E-state index contributed by atoms with van der Waals surface area (Å²) in [5.41, 5.74) is 2.21. The molecular formula is C25H19NO4. The van der Waals surface area contributed by atoms with Gasteiger partial charge >= 0.3 is 0 Å². The highest BCUT2D eigenvalue weighted by molar-refractivity contribution is 5.99. The van der Waals surface area contributed by atoms with Crippen LogP contribution in [0.1, 0.15) is 32.0 Å². The Morgan fingerprint density at radius 1 is 0.800 bits per heavy atom. The number of para-hydroxylation sites is 1. The van der Waals surface area contributed by atoms with Crippen molar-refractivity contribution in [3.05, 3.63) is 118 Å². The van der Waals surface area contributed by atoms with Crippen LogP contribution in [0.2, 0.25) is 0 Å². The van der Waals surface area contributed by atoms with E-state index in [1.807, 2.05) is 30.3 Å². The number of hydrogen-bond acceptors (Lipinski definition) is 4. The maximum Gasteiger partial charge on any atom is 0.251 e. The van der Waals surface area contributed by atoms with E-state index in [2.05, 4.69) is 5.32 Å². The minimum absolute atomic E-state index is 0.0282. The second-order valence-corrected chi connectivity index (χ2v) is 6.92. The molecule has 0 aliphatic rings. The second-order valence-electron chi connectivity index (χ2n) is 6.92. The number of carbonyl (C=O) groups is 2. The Balaban J connectivity index is 1.43. The summed E-state index contributed by atoms with van der Waals surface area (Å²) in [7, 11) is 0. The molecule has 4 rings (SSSR count). The maximum absolute atomic E-state index is 12.6. The lowest BCUT2D eigenvalue weighted by atomic mass is 10.0. The topological polar surface area (TPSA) is 76.4 Å². The largest absolute Gasteiger partial charge is 0.460 e. The molecular weight excluding hydrogens is 378 g/mol. The lowest BCUT2D eigenvalue weighted by molar-refractivity contribution is 0.0947. The highest BCUT2D eigenvalue weighted by Crippen LogP contribution is 2.14. The summed E-state index contributed by atoms with van der Waals surface area (Å²) in [5.74, 6) is -0.0866. The van der Waals surface area contributed by atoms with E-state index in [1.54, 1.807) is 48.5 Å². The van der Waals surface area contributed by atoms with Gasteiger partial charge in [-0.3, -0.25) is 14.4 Å². The van der Waals surface area contributed by atoms with Gasteiger partial charge in [-0.25, -0.2) is 0 Å². The molecule has 0 unspecified atom stereocenters. The first kappa shape index (κ1) is 19.3. The van der Waals surface area contributed by atoms with Crippen molar-refractivity contribution in [1.29, 1.82) is 0 Å². The van der Waals surface area contributed by atoms with Gasteiger partial charge in [-0.2, -0.15) is 0 Å². The SMILES string of the molecule is O=C(Cc1cc(=O)c2ccccc2o1)c1ccc(C(=O)NCc2ccccc2)cc1. The molecule has 0 radical (unpaired) electrons. The molecule has 4 aromatic rings. The summed E-state index contributed by atoms with van der Waals surface area (Å²) in [5, 5.41) is 3.34. The molecule has 1 N–H and O–H groups in total. The monoisotopic (exact) mass is 397 g/mol. The van der Waals surface area contributed by atoms with Gasteiger partial charge in [-0.1, -0.05) is 54.6 Å². The van der Waals surface area contributed by atoms with Crippen molar-refractivity contribution >= 4 is 22.7 Å². The first-order chi connectivity index (χ1) is 14.6. The third kappa shape index (κ3) is 4.36. The Labute approximate surface area is 173 Å². The number of carbonyl (C=O) groups excluding carboxylic acids is 2. The molecule has 3 aromatic carbocycles. The number of nitrogens with one attached hydrogen (secondary N) is 1. The standard InChI is InChI=1S/C25H19NO4/c27-22(14-20-15-23(28)21-8-4-5-9-24(21)30-20)18-10-12-19(13-11-18)25(29)26-16-17-6-2-1-3-7-17/h1-13,15H,14,16H2,(H,26,29). The Bertz CT molecular complexity index is 1260. The minimum Gasteiger partial charge on any atom is -0.460 e. The van der Waals surface area contributed by atoms with Gasteiger partial charge in [-0.05, 0) is 29.8 Å². The molecule has 30 heavy (non-hydrogen) atoms. The molecule has 0 saturated carbocycles. The molecule has 5 heteroatoms. The number of hydrogen-bond donors (Lipinski definition) is 1. The number of benzene rings is 3. The molecule has 0 aliphatic heterocycles. The van der Waals surface area contributed by atoms with Crippen LogP contribution in [0.15, 0.2) is 94.1 Å². The van der Waals surface area contributed by atoms with Crippen molar-refractivity contribution in [2.45, 2.75) is 13.0 Å². The summed E-state index contributed by atoms with van der Waals surface area (Å²) < 4.78 is 5.69. The quantitative estimate of drug-likeness (QED) is 0.496. The van der Waals surface area contributed by atoms with Crippen molar-refractivity contribution in [1.82, 2.24) is 5.32 Å². The van der Waals surface area contributed by atoms with E-state index >= 15 is 0 Å². The summed E-state index contributed by atoms with van der Waals surface area (Å²) in [6.45, 7) is 0.432. The first-order valence-electron chi connectivity index (χ1n) is 9.57. The molecule has 0 aliphatic carbocycles. The number of rotatable bonds is 6. The number of Topliss-reactive ketones (excluding diaryl/α,β-unsaturated/α-hetero) is 1. The van der Waals surface area contributed by atoms with Crippen molar-refractivity contribution in [2.75, 3.05) is 0 Å². The van der Waals surface area contributed by atoms with E-state index < -0.39 is 0 Å². The van der Waals surface area contributed by atoms with Crippen LogP contribution in [0, 0.1) is 0 Å². The zero-order chi connectivity index (χ0) is 20.9. The normalized spacial score (nSPS) is 10.7. The van der Waals surface area contributed by atoms with Gasteiger partial charge < -0.3 is 9.73 Å². The average molecular weight is 397 g/mol. The van der Waals surface area contributed by atoms with Gasteiger partial charge in [0.15, 0.2) is 11.2 Å². The molecule has 5 nitrogen and oxygen atoms in total. The van der Waals surface area contributed by atoms with E-state index in [0.717, 1.165) is 5.56 Å². The van der Waals surface area contributed by atoms with Gasteiger partial charge in [0, 0.05) is 23.7 Å². The summed E-state index contributed by atoms with van der Waals surface area (Å²) in [6, 6.07) is 24.4. The highest BCUT2D eigenvalue weighted by atomic mass is 16.3. The van der Waals surface area contributed by atoms with Gasteiger partial charge in [-0.15, -0.1) is 0 Å². The van der Waals surface area contributed by atoms with Crippen LogP contribution in [0.5, 0.6) is 0 Å². The number of amides is 1. The predicted octanol–water partition coefficient (Wildman–Crippen LogP) is 4.15. The molecule has 0 saturated heterocycles. The van der Waals surface area contributed by atoms with Gasteiger partial charge in [0.05, 0.1) is 11.8 Å². The van der Waals surface area contributed by atoms with Gasteiger partial charge in [0.2, 0.25) is 0 Å². The Morgan fingerprint density at radius 2 is 1.47 bits per heavy atom. The van der Waals surface area contributed by atoms with Crippen molar-refractivity contribution in [3.8, 4) is 0 Å². The van der Waals surface area contributed by atoms with E-state index in [0.29, 0.717) is 34.4 Å². The Kier molecular flexibility index (Phi) is 5.52. The fourth-order valence-corrected chi connectivity index (χ4v) is 3.19. The summed E-state index contributed by atoms with van der Waals surface area (Å²) >= 11 is 0. The highest BCUT2D eigenvalue weighted by Gasteiger charge is 2.13. The summed E-state index contributed by atoms with van der Waals surface area (Å²) in [4.78, 5) is 37.1. The Morgan fingerprint density at radius 3 is 2.23 bits per heavy atom. The van der Waals surface area contributed by atoms with Gasteiger partial charge in [0.1, 0.15) is 11.3 Å². The van der Waals surface area contributed by atoms with E-state index in [1.165, 1.54) is 6.07 Å². The smallest absolute Gasteiger partial charge is 0.251 e. The van der Waals surface area contributed by atoms with Crippen molar-refractivity contribution in [3.63, 3.8) is 0 Å². The zero-order valence-corrected chi connectivity index (χ0v) is 16.1. The fourth-order valence-electron chi connectivity index (χ4n) is 3.19. The average Bonchev–Trinajstić information content (AvgIpc) is 2.78. The van der Waals surface area contributed by atoms with Crippen LogP contribution in [-0.2, 0) is 13.0 Å².